The first-order chi connectivity index (χ1) is 14.6. The van der Waals surface area contributed by atoms with Gasteiger partial charge in [0.2, 0.25) is 0 Å². The average molecular weight is 601 g/mol. The van der Waals surface area contributed by atoms with Crippen molar-refractivity contribution in [2.75, 3.05) is 36.1 Å². The van der Waals surface area contributed by atoms with E-state index in [0.717, 1.165) is 38.8 Å². The minimum absolute atomic E-state index is 0. The third-order valence-electron chi connectivity index (χ3n) is 6.18. The second-order valence-corrected chi connectivity index (χ2v) is 15.7. The standard InChI is InChI=1S/2C10H19NO2S3.Ca/c2*1-3-4-6-11(9(14)15)10(2)5-7-16(12,13)8-10;/h2*3-8H2,1-2H3,(H,14,15);/q;;+2/p-2. The SMILES string of the molecule is CCCCN(C(=S)[S-])C1(C)CCS(=O)(=O)C1.CCCCN(C(=S)[S-])C1(C)CCS(=O)(=O)C1.[Ca+2]. The zero-order chi connectivity index (χ0) is 24.8. The van der Waals surface area contributed by atoms with E-state index >= 15 is 0 Å². The first-order valence-corrected chi connectivity index (χ1v) is 16.3. The summed E-state index contributed by atoms with van der Waals surface area (Å²) in [6.45, 7) is 9.63. The second-order valence-electron chi connectivity index (χ2n) is 9.22. The third kappa shape index (κ3) is 10.7. The largest absolute Gasteiger partial charge is 2.00 e. The van der Waals surface area contributed by atoms with Gasteiger partial charge in [0.25, 0.3) is 0 Å². The molecule has 2 heterocycles. The molecular weight excluding hydrogens is 565 g/mol. The van der Waals surface area contributed by atoms with Crippen molar-refractivity contribution in [1.82, 2.24) is 9.80 Å². The molecule has 0 N–H and O–H groups in total. The maximum atomic E-state index is 11.5. The van der Waals surface area contributed by atoms with Crippen molar-refractivity contribution >= 4 is 116 Å². The molecule has 0 amide bonds. The van der Waals surface area contributed by atoms with Crippen LogP contribution >= 0.6 is 24.4 Å². The Hall–Kier alpha value is 1.38. The Labute approximate surface area is 253 Å². The first-order valence-electron chi connectivity index (χ1n) is 11.0. The van der Waals surface area contributed by atoms with Crippen molar-refractivity contribution < 1.29 is 16.8 Å². The Balaban J connectivity index is 0.000000602. The van der Waals surface area contributed by atoms with Crippen LogP contribution in [0.4, 0.5) is 0 Å². The molecule has 2 atom stereocenters. The molecule has 0 radical (unpaired) electrons. The van der Waals surface area contributed by atoms with Crippen molar-refractivity contribution in [2.45, 2.75) is 77.3 Å². The quantitative estimate of drug-likeness (QED) is 0.236. The van der Waals surface area contributed by atoms with Crippen LogP contribution in [0.15, 0.2) is 0 Å². The zero-order valence-electron chi connectivity index (χ0n) is 20.2. The summed E-state index contributed by atoms with van der Waals surface area (Å²) in [6, 6.07) is 0. The van der Waals surface area contributed by atoms with Crippen molar-refractivity contribution in [3.8, 4) is 0 Å². The van der Waals surface area contributed by atoms with Crippen molar-refractivity contribution in [3.05, 3.63) is 0 Å². The number of unbranched alkanes of at least 4 members (excludes halogenated alkanes) is 2. The van der Waals surface area contributed by atoms with Gasteiger partial charge in [0, 0.05) is 13.1 Å². The van der Waals surface area contributed by atoms with E-state index in [1.807, 2.05) is 23.6 Å². The van der Waals surface area contributed by atoms with Gasteiger partial charge in [-0.1, -0.05) is 35.3 Å². The van der Waals surface area contributed by atoms with Crippen LogP contribution in [0.5, 0.6) is 0 Å². The van der Waals surface area contributed by atoms with Crippen LogP contribution in [0.3, 0.4) is 0 Å². The summed E-state index contributed by atoms with van der Waals surface area (Å²) in [4.78, 5) is 3.84. The van der Waals surface area contributed by atoms with Crippen molar-refractivity contribution in [3.63, 3.8) is 0 Å². The molecule has 13 heteroatoms. The van der Waals surface area contributed by atoms with E-state index in [4.69, 9.17) is 49.7 Å². The van der Waals surface area contributed by atoms with Crippen LogP contribution in [0.2, 0.25) is 0 Å². The van der Waals surface area contributed by atoms with E-state index in [9.17, 15) is 16.8 Å². The van der Waals surface area contributed by atoms with Gasteiger partial charge < -0.3 is 59.5 Å². The van der Waals surface area contributed by atoms with E-state index in [2.05, 4.69) is 13.8 Å². The molecule has 0 saturated carbocycles. The molecule has 0 bridgehead atoms. The van der Waals surface area contributed by atoms with Gasteiger partial charge in [0.05, 0.1) is 34.1 Å². The molecule has 2 saturated heterocycles. The molecule has 2 aliphatic rings. The van der Waals surface area contributed by atoms with Crippen molar-refractivity contribution in [1.29, 1.82) is 0 Å². The minimum Gasteiger partial charge on any atom is -0.411 e. The summed E-state index contributed by atoms with van der Waals surface area (Å²) in [5.41, 5.74) is -0.764. The van der Waals surface area contributed by atoms with Crippen LogP contribution in [0.25, 0.3) is 0 Å². The monoisotopic (exact) mass is 600 g/mol. The molecule has 0 aromatic heterocycles. The molecular formula is C20H36CaN2O4S6. The van der Waals surface area contributed by atoms with Crippen LogP contribution in [0, 0.1) is 0 Å². The van der Waals surface area contributed by atoms with Gasteiger partial charge in [0.1, 0.15) is 0 Å². The van der Waals surface area contributed by atoms with Gasteiger partial charge >= 0.3 is 37.7 Å². The van der Waals surface area contributed by atoms with E-state index in [1.165, 1.54) is 0 Å². The maximum Gasteiger partial charge on any atom is 2.00 e. The first kappa shape index (κ1) is 34.4. The summed E-state index contributed by atoms with van der Waals surface area (Å²) >= 11 is 20.2. The smallest absolute Gasteiger partial charge is 0.411 e. The number of hydrogen-bond donors (Lipinski definition) is 0. The predicted molar refractivity (Wildman–Crippen MR) is 152 cm³/mol. The number of sulfone groups is 2. The van der Waals surface area contributed by atoms with Crippen LogP contribution in [-0.4, -0.2) is 120 Å². The molecule has 0 aromatic carbocycles. The Morgan fingerprint density at radius 1 is 0.788 bits per heavy atom. The summed E-state index contributed by atoms with van der Waals surface area (Å²) in [7, 11) is -5.81. The van der Waals surface area contributed by atoms with Crippen molar-refractivity contribution in [2.24, 2.45) is 0 Å². The fourth-order valence-electron chi connectivity index (χ4n) is 4.21. The van der Waals surface area contributed by atoms with Crippen LogP contribution < -0.4 is 0 Å². The number of hydrogen-bond acceptors (Lipinski definition) is 8. The fraction of sp³-hybridized carbons (Fsp3) is 0.900. The fourth-order valence-corrected chi connectivity index (χ4v) is 9.74. The van der Waals surface area contributed by atoms with E-state index in [0.29, 0.717) is 21.5 Å². The molecule has 2 fully saturated rings. The summed E-state index contributed by atoms with van der Waals surface area (Å²) in [5, 5.41) is 0. The van der Waals surface area contributed by atoms with Crippen LogP contribution in [-0.2, 0) is 44.9 Å². The Kier molecular flexibility index (Phi) is 15.0. The Morgan fingerprint density at radius 3 is 1.27 bits per heavy atom. The van der Waals surface area contributed by atoms with Gasteiger partial charge in [-0.2, -0.15) is 0 Å². The average Bonchev–Trinajstić information content (AvgIpc) is 3.10. The van der Waals surface area contributed by atoms with Gasteiger partial charge in [-0.05, 0) is 39.5 Å². The molecule has 0 spiro atoms. The van der Waals surface area contributed by atoms with E-state index in [-0.39, 0.29) is 71.8 Å². The molecule has 0 aliphatic carbocycles. The molecule has 0 aromatic rings. The molecule has 2 aliphatic heterocycles. The molecule has 33 heavy (non-hydrogen) atoms. The maximum absolute atomic E-state index is 11.5. The third-order valence-corrected chi connectivity index (χ3v) is 10.8. The zero-order valence-corrected chi connectivity index (χ0v) is 27.3. The number of rotatable bonds is 8. The molecule has 188 valence electrons. The minimum atomic E-state index is -2.91. The summed E-state index contributed by atoms with van der Waals surface area (Å²) in [5.74, 6) is 0.870. The topological polar surface area (TPSA) is 74.8 Å². The number of thiocarbonyl (C=S) groups is 2. The normalized spacial score (nSPS) is 27.0. The van der Waals surface area contributed by atoms with E-state index < -0.39 is 19.7 Å². The van der Waals surface area contributed by atoms with Gasteiger partial charge in [-0.3, -0.25) is 0 Å². The predicted octanol–water partition coefficient (Wildman–Crippen LogP) is 2.61. The van der Waals surface area contributed by atoms with Gasteiger partial charge in [-0.25, -0.2) is 16.8 Å². The summed E-state index contributed by atoms with van der Waals surface area (Å²) in [6.07, 6.45) is 5.36. The van der Waals surface area contributed by atoms with E-state index in [1.54, 1.807) is 0 Å². The molecule has 2 unspecified atom stereocenters. The second kappa shape index (κ2) is 14.4. The summed E-state index contributed by atoms with van der Waals surface area (Å²) < 4.78 is 47.0. The Morgan fingerprint density at radius 2 is 1.09 bits per heavy atom. The van der Waals surface area contributed by atoms with Crippen LogP contribution in [0.1, 0.15) is 66.2 Å². The number of nitrogens with zero attached hydrogens (tertiary/aromatic N) is 2. The molecule has 2 rings (SSSR count). The molecule has 6 nitrogen and oxygen atoms in total. The van der Waals surface area contributed by atoms with Gasteiger partial charge in [-0.15, -0.1) is 0 Å². The van der Waals surface area contributed by atoms with Gasteiger partial charge in [0.15, 0.2) is 19.7 Å². The Bertz CT molecular complexity index is 811.